The predicted octanol–water partition coefficient (Wildman–Crippen LogP) is 3.39. The summed E-state index contributed by atoms with van der Waals surface area (Å²) in [7, 11) is 0. The highest BCUT2D eigenvalue weighted by atomic mass is 15.0. The summed E-state index contributed by atoms with van der Waals surface area (Å²) in [6.45, 7) is 0.924. The molecule has 0 unspecified atom stereocenters. The zero-order chi connectivity index (χ0) is 13.9. The second-order valence-corrected chi connectivity index (χ2v) is 7.75. The highest BCUT2D eigenvalue weighted by molar-refractivity contribution is 5.39. The van der Waals surface area contributed by atoms with Crippen molar-refractivity contribution in [2.45, 2.75) is 50.6 Å². The molecule has 6 rings (SSSR count). The SMILES string of the molecule is c1ccn2cc(CNC34CC5CC(CC(C5)C3)C4)nc2c1. The molecule has 4 aliphatic rings. The van der Waals surface area contributed by atoms with Crippen LogP contribution >= 0.6 is 0 Å². The van der Waals surface area contributed by atoms with Crippen LogP contribution in [0.3, 0.4) is 0 Å². The molecule has 21 heavy (non-hydrogen) atoms. The molecule has 0 amide bonds. The number of aromatic nitrogens is 2. The highest BCUT2D eigenvalue weighted by Gasteiger charge is 2.50. The molecule has 4 aliphatic carbocycles. The first-order chi connectivity index (χ1) is 10.3. The molecule has 2 aromatic rings. The molecule has 0 atom stereocenters. The van der Waals surface area contributed by atoms with Crippen LogP contribution in [0.2, 0.25) is 0 Å². The molecular formula is C18H23N3. The van der Waals surface area contributed by atoms with Gasteiger partial charge in [0.25, 0.3) is 0 Å². The van der Waals surface area contributed by atoms with E-state index in [1.165, 1.54) is 44.2 Å². The van der Waals surface area contributed by atoms with E-state index in [1.807, 2.05) is 0 Å². The van der Waals surface area contributed by atoms with E-state index in [1.54, 1.807) is 0 Å². The fourth-order valence-electron chi connectivity index (χ4n) is 5.68. The molecule has 4 saturated carbocycles. The number of rotatable bonds is 3. The standard InChI is InChI=1S/C18H23N3/c1-2-4-21-12-16(20-17(21)3-1)11-19-18-8-13-5-14(9-18)7-15(6-13)10-18/h1-4,12-15,19H,5-11H2. The first kappa shape index (κ1) is 12.2. The number of fused-ring (bicyclic) bond motifs is 1. The molecule has 0 spiro atoms. The average Bonchev–Trinajstić information content (AvgIpc) is 2.87. The Morgan fingerprint density at radius 1 is 1.10 bits per heavy atom. The molecule has 4 bridgehead atoms. The van der Waals surface area contributed by atoms with Crippen LogP contribution in [0.1, 0.15) is 44.2 Å². The normalized spacial score (nSPS) is 37.4. The van der Waals surface area contributed by atoms with Crippen LogP contribution in [0.5, 0.6) is 0 Å². The summed E-state index contributed by atoms with van der Waals surface area (Å²) in [6.07, 6.45) is 13.0. The van der Waals surface area contributed by atoms with E-state index < -0.39 is 0 Å². The van der Waals surface area contributed by atoms with Gasteiger partial charge in [-0.05, 0) is 68.4 Å². The number of nitrogens with one attached hydrogen (secondary N) is 1. The lowest BCUT2D eigenvalue weighted by atomic mass is 9.53. The van der Waals surface area contributed by atoms with Gasteiger partial charge in [-0.25, -0.2) is 4.98 Å². The van der Waals surface area contributed by atoms with E-state index >= 15 is 0 Å². The third-order valence-corrected chi connectivity index (χ3v) is 6.10. The number of hydrogen-bond donors (Lipinski definition) is 1. The Balaban J connectivity index is 1.35. The fourth-order valence-corrected chi connectivity index (χ4v) is 5.68. The minimum absolute atomic E-state index is 0.435. The van der Waals surface area contributed by atoms with Gasteiger partial charge in [0.05, 0.1) is 5.69 Å². The van der Waals surface area contributed by atoms with Crippen LogP contribution in [-0.4, -0.2) is 14.9 Å². The third-order valence-electron chi connectivity index (χ3n) is 6.10. The molecule has 3 heteroatoms. The molecule has 110 valence electrons. The highest BCUT2D eigenvalue weighted by Crippen LogP contribution is 2.55. The lowest BCUT2D eigenvalue weighted by Gasteiger charge is -2.57. The summed E-state index contributed by atoms with van der Waals surface area (Å²) in [5, 5.41) is 3.93. The average molecular weight is 281 g/mol. The predicted molar refractivity (Wildman–Crippen MR) is 82.9 cm³/mol. The first-order valence-electron chi connectivity index (χ1n) is 8.46. The van der Waals surface area contributed by atoms with E-state index in [0.29, 0.717) is 5.54 Å². The summed E-state index contributed by atoms with van der Waals surface area (Å²) in [5.74, 6) is 3.01. The number of imidazole rings is 1. The Labute approximate surface area is 125 Å². The summed E-state index contributed by atoms with van der Waals surface area (Å²) < 4.78 is 2.12. The van der Waals surface area contributed by atoms with Crippen molar-refractivity contribution in [1.82, 2.24) is 14.7 Å². The number of nitrogens with zero attached hydrogens (tertiary/aromatic N) is 2. The largest absolute Gasteiger partial charge is 0.307 e. The van der Waals surface area contributed by atoms with Crippen molar-refractivity contribution in [3.8, 4) is 0 Å². The number of hydrogen-bond acceptors (Lipinski definition) is 2. The summed E-state index contributed by atoms with van der Waals surface area (Å²) in [5.41, 5.74) is 2.67. The molecule has 4 fully saturated rings. The van der Waals surface area contributed by atoms with Crippen LogP contribution in [0.15, 0.2) is 30.6 Å². The molecule has 3 nitrogen and oxygen atoms in total. The molecule has 0 aromatic carbocycles. The van der Waals surface area contributed by atoms with Crippen molar-refractivity contribution in [3.63, 3.8) is 0 Å². The van der Waals surface area contributed by atoms with Crippen LogP contribution in [0.25, 0.3) is 5.65 Å². The first-order valence-corrected chi connectivity index (χ1v) is 8.46. The van der Waals surface area contributed by atoms with Crippen molar-refractivity contribution < 1.29 is 0 Å². The van der Waals surface area contributed by atoms with Gasteiger partial charge < -0.3 is 9.72 Å². The molecule has 1 N–H and O–H groups in total. The van der Waals surface area contributed by atoms with Crippen LogP contribution in [0, 0.1) is 17.8 Å². The van der Waals surface area contributed by atoms with Gasteiger partial charge in [0.15, 0.2) is 0 Å². The minimum Gasteiger partial charge on any atom is -0.307 e. The monoisotopic (exact) mass is 281 g/mol. The Morgan fingerprint density at radius 2 is 1.81 bits per heavy atom. The van der Waals surface area contributed by atoms with Gasteiger partial charge in [-0.2, -0.15) is 0 Å². The second-order valence-electron chi connectivity index (χ2n) is 7.75. The molecule has 2 aromatic heterocycles. The minimum atomic E-state index is 0.435. The van der Waals surface area contributed by atoms with Gasteiger partial charge in [0, 0.05) is 24.5 Å². The van der Waals surface area contributed by atoms with Crippen molar-refractivity contribution in [3.05, 3.63) is 36.3 Å². The lowest BCUT2D eigenvalue weighted by molar-refractivity contribution is -0.0207. The van der Waals surface area contributed by atoms with Crippen molar-refractivity contribution in [2.75, 3.05) is 0 Å². The maximum absolute atomic E-state index is 4.73. The molecular weight excluding hydrogens is 258 g/mol. The zero-order valence-corrected chi connectivity index (χ0v) is 12.5. The summed E-state index contributed by atoms with van der Waals surface area (Å²) in [6, 6.07) is 6.19. The van der Waals surface area contributed by atoms with Crippen LogP contribution < -0.4 is 5.32 Å². The van der Waals surface area contributed by atoms with Gasteiger partial charge in [0.1, 0.15) is 5.65 Å². The topological polar surface area (TPSA) is 29.3 Å². The second kappa shape index (κ2) is 4.33. The Hall–Kier alpha value is -1.35. The maximum atomic E-state index is 4.73. The maximum Gasteiger partial charge on any atom is 0.137 e. The Bertz CT molecular complexity index is 604. The van der Waals surface area contributed by atoms with Crippen molar-refractivity contribution in [1.29, 1.82) is 0 Å². The molecule has 0 radical (unpaired) electrons. The third kappa shape index (κ3) is 2.02. The van der Waals surface area contributed by atoms with Crippen LogP contribution in [0.4, 0.5) is 0 Å². The molecule has 2 heterocycles. The van der Waals surface area contributed by atoms with Gasteiger partial charge in [0.2, 0.25) is 0 Å². The van der Waals surface area contributed by atoms with E-state index in [9.17, 15) is 0 Å². The van der Waals surface area contributed by atoms with Crippen LogP contribution in [-0.2, 0) is 6.54 Å². The van der Waals surface area contributed by atoms with Gasteiger partial charge in [-0.15, -0.1) is 0 Å². The van der Waals surface area contributed by atoms with Crippen molar-refractivity contribution >= 4 is 5.65 Å². The summed E-state index contributed by atoms with van der Waals surface area (Å²) >= 11 is 0. The summed E-state index contributed by atoms with van der Waals surface area (Å²) in [4.78, 5) is 4.73. The molecule has 0 aliphatic heterocycles. The smallest absolute Gasteiger partial charge is 0.137 e. The number of pyridine rings is 1. The zero-order valence-electron chi connectivity index (χ0n) is 12.5. The quantitative estimate of drug-likeness (QED) is 0.934. The van der Waals surface area contributed by atoms with Gasteiger partial charge in [-0.1, -0.05) is 6.07 Å². The Morgan fingerprint density at radius 3 is 2.48 bits per heavy atom. The fraction of sp³-hybridized carbons (Fsp3) is 0.611. The van der Waals surface area contributed by atoms with E-state index in [0.717, 1.165) is 29.9 Å². The molecule has 0 saturated heterocycles. The van der Waals surface area contributed by atoms with E-state index in [4.69, 9.17) is 4.98 Å². The van der Waals surface area contributed by atoms with E-state index in [-0.39, 0.29) is 0 Å². The Kier molecular flexibility index (Phi) is 2.52. The van der Waals surface area contributed by atoms with Gasteiger partial charge >= 0.3 is 0 Å². The van der Waals surface area contributed by atoms with Crippen molar-refractivity contribution in [2.24, 2.45) is 17.8 Å². The van der Waals surface area contributed by atoms with Gasteiger partial charge in [-0.3, -0.25) is 0 Å². The van der Waals surface area contributed by atoms with E-state index in [2.05, 4.69) is 40.3 Å². The lowest BCUT2D eigenvalue weighted by Crippen LogP contribution is -2.58.